The van der Waals surface area contributed by atoms with Crippen molar-refractivity contribution in [1.29, 1.82) is 0 Å². The van der Waals surface area contributed by atoms with Crippen LogP contribution in [0.5, 0.6) is 0 Å². The molecule has 0 fully saturated rings. The Bertz CT molecular complexity index is 648. The molecule has 3 rings (SSSR count). The predicted octanol–water partition coefficient (Wildman–Crippen LogP) is 5.99. The summed E-state index contributed by atoms with van der Waals surface area (Å²) in [5.41, 5.74) is 6.96. The van der Waals surface area contributed by atoms with Crippen LogP contribution in [0.4, 0.5) is 0 Å². The fourth-order valence-corrected chi connectivity index (χ4v) is 3.10. The van der Waals surface area contributed by atoms with Crippen molar-refractivity contribution in [3.63, 3.8) is 0 Å². The average molecular weight is 283 g/mol. The van der Waals surface area contributed by atoms with Crippen molar-refractivity contribution in [2.45, 2.75) is 26.7 Å². The van der Waals surface area contributed by atoms with Crippen LogP contribution in [0.25, 0.3) is 17.2 Å². The molecule has 0 amide bonds. The summed E-state index contributed by atoms with van der Waals surface area (Å²) in [6.45, 7) is 4.56. The van der Waals surface area contributed by atoms with Crippen molar-refractivity contribution in [2.24, 2.45) is 5.92 Å². The van der Waals surface area contributed by atoms with Gasteiger partial charge >= 0.3 is 0 Å². The van der Waals surface area contributed by atoms with Gasteiger partial charge in [-0.15, -0.1) is 0 Å². The maximum absolute atomic E-state index is 5.98. The molecule has 1 aliphatic rings. The number of fused-ring (bicyclic) bond motifs is 1. The molecule has 2 aromatic rings. The third-order valence-corrected chi connectivity index (χ3v) is 4.04. The minimum atomic E-state index is 0.717. The molecule has 0 N–H and O–H groups in total. The maximum Gasteiger partial charge on any atom is 0.0406 e. The molecule has 0 saturated carbocycles. The van der Waals surface area contributed by atoms with E-state index in [0.717, 1.165) is 17.4 Å². The van der Waals surface area contributed by atoms with Crippen LogP contribution in [0.15, 0.2) is 48.0 Å². The molecule has 1 heteroatoms. The molecule has 0 nitrogen and oxygen atoms in total. The summed E-state index contributed by atoms with van der Waals surface area (Å²) < 4.78 is 0. The summed E-state index contributed by atoms with van der Waals surface area (Å²) in [7, 11) is 0. The molecule has 102 valence electrons. The lowest BCUT2D eigenvalue weighted by molar-refractivity contribution is 0.638. The second-order valence-electron chi connectivity index (χ2n) is 5.96. The van der Waals surface area contributed by atoms with Gasteiger partial charge in [-0.05, 0) is 53.1 Å². The van der Waals surface area contributed by atoms with Crippen LogP contribution in [0.1, 0.15) is 31.4 Å². The summed E-state index contributed by atoms with van der Waals surface area (Å²) in [5, 5.41) is 0.789. The van der Waals surface area contributed by atoms with Gasteiger partial charge in [-0.1, -0.05) is 67.4 Å². The summed E-state index contributed by atoms with van der Waals surface area (Å²) in [6, 6.07) is 14.7. The zero-order valence-electron chi connectivity index (χ0n) is 12.0. The van der Waals surface area contributed by atoms with E-state index in [2.05, 4.69) is 50.3 Å². The standard InChI is InChI=1S/C19H19Cl/c1-13(2)10-14-11-16-4-3-5-18(19(16)12-14)15-6-8-17(20)9-7-15/h3-9,12-13H,10-11H2,1-2H3. The zero-order valence-corrected chi connectivity index (χ0v) is 12.7. The Morgan fingerprint density at radius 1 is 1.05 bits per heavy atom. The summed E-state index contributed by atoms with van der Waals surface area (Å²) in [4.78, 5) is 0. The first-order chi connectivity index (χ1) is 9.63. The Morgan fingerprint density at radius 2 is 1.80 bits per heavy atom. The van der Waals surface area contributed by atoms with Gasteiger partial charge < -0.3 is 0 Å². The highest BCUT2D eigenvalue weighted by atomic mass is 35.5. The lowest BCUT2D eigenvalue weighted by Crippen LogP contribution is -1.91. The smallest absolute Gasteiger partial charge is 0.0406 e. The Morgan fingerprint density at radius 3 is 2.50 bits per heavy atom. The lowest BCUT2D eigenvalue weighted by Gasteiger charge is -2.07. The molecular weight excluding hydrogens is 264 g/mol. The van der Waals surface area contributed by atoms with Gasteiger partial charge in [-0.25, -0.2) is 0 Å². The van der Waals surface area contributed by atoms with Gasteiger partial charge in [0.25, 0.3) is 0 Å². The van der Waals surface area contributed by atoms with E-state index in [4.69, 9.17) is 11.6 Å². The van der Waals surface area contributed by atoms with Crippen LogP contribution >= 0.6 is 11.6 Å². The molecule has 0 atom stereocenters. The van der Waals surface area contributed by atoms with E-state index in [9.17, 15) is 0 Å². The second-order valence-corrected chi connectivity index (χ2v) is 6.40. The van der Waals surface area contributed by atoms with Crippen molar-refractivity contribution in [3.8, 4) is 11.1 Å². The van der Waals surface area contributed by atoms with Crippen LogP contribution in [0.2, 0.25) is 5.02 Å². The van der Waals surface area contributed by atoms with Crippen LogP contribution in [0, 0.1) is 5.92 Å². The third-order valence-electron chi connectivity index (χ3n) is 3.79. The fourth-order valence-electron chi connectivity index (χ4n) is 2.97. The number of hydrogen-bond acceptors (Lipinski definition) is 0. The highest BCUT2D eigenvalue weighted by Crippen LogP contribution is 2.36. The first-order valence-electron chi connectivity index (χ1n) is 7.21. The Hall–Kier alpha value is -1.53. The Labute approximate surface area is 126 Å². The molecule has 0 spiro atoms. The molecule has 0 unspecified atom stereocenters. The topological polar surface area (TPSA) is 0 Å². The van der Waals surface area contributed by atoms with E-state index in [1.165, 1.54) is 28.7 Å². The highest BCUT2D eigenvalue weighted by molar-refractivity contribution is 6.30. The summed E-state index contributed by atoms with van der Waals surface area (Å²) in [6.07, 6.45) is 4.68. The van der Waals surface area contributed by atoms with E-state index < -0.39 is 0 Å². The molecule has 20 heavy (non-hydrogen) atoms. The average Bonchev–Trinajstić information content (AvgIpc) is 2.80. The molecule has 0 saturated heterocycles. The van der Waals surface area contributed by atoms with Crippen molar-refractivity contribution in [1.82, 2.24) is 0 Å². The van der Waals surface area contributed by atoms with Crippen LogP contribution < -0.4 is 0 Å². The summed E-state index contributed by atoms with van der Waals surface area (Å²) in [5.74, 6) is 0.717. The Kier molecular flexibility index (Phi) is 3.67. The summed E-state index contributed by atoms with van der Waals surface area (Å²) >= 11 is 5.98. The maximum atomic E-state index is 5.98. The SMILES string of the molecule is CC(C)CC1=Cc2c(cccc2-c2ccc(Cl)cc2)C1. The number of allylic oxidation sites excluding steroid dienone is 1. The van der Waals surface area contributed by atoms with Gasteiger partial charge in [0, 0.05) is 5.02 Å². The van der Waals surface area contributed by atoms with Gasteiger partial charge in [-0.2, -0.15) is 0 Å². The minimum Gasteiger partial charge on any atom is -0.0843 e. The van der Waals surface area contributed by atoms with Crippen molar-refractivity contribution in [3.05, 3.63) is 64.2 Å². The molecule has 2 aromatic carbocycles. The largest absolute Gasteiger partial charge is 0.0843 e. The van der Waals surface area contributed by atoms with Crippen LogP contribution in [-0.2, 0) is 6.42 Å². The first-order valence-corrected chi connectivity index (χ1v) is 7.58. The molecule has 0 bridgehead atoms. The van der Waals surface area contributed by atoms with E-state index >= 15 is 0 Å². The van der Waals surface area contributed by atoms with E-state index in [1.807, 2.05) is 12.1 Å². The predicted molar refractivity (Wildman–Crippen MR) is 88.0 cm³/mol. The van der Waals surface area contributed by atoms with Crippen molar-refractivity contribution < 1.29 is 0 Å². The van der Waals surface area contributed by atoms with Gasteiger partial charge in [0.1, 0.15) is 0 Å². The van der Waals surface area contributed by atoms with E-state index in [1.54, 1.807) is 5.57 Å². The van der Waals surface area contributed by atoms with Crippen molar-refractivity contribution in [2.75, 3.05) is 0 Å². The third kappa shape index (κ3) is 2.66. The monoisotopic (exact) mass is 282 g/mol. The van der Waals surface area contributed by atoms with E-state index in [-0.39, 0.29) is 0 Å². The number of rotatable bonds is 3. The molecule has 0 aliphatic heterocycles. The molecule has 0 radical (unpaired) electrons. The van der Waals surface area contributed by atoms with Gasteiger partial charge in [0.2, 0.25) is 0 Å². The van der Waals surface area contributed by atoms with Gasteiger partial charge in [0.15, 0.2) is 0 Å². The lowest BCUT2D eigenvalue weighted by atomic mass is 9.97. The highest BCUT2D eigenvalue weighted by Gasteiger charge is 2.16. The minimum absolute atomic E-state index is 0.717. The Balaban J connectivity index is 2.01. The quantitative estimate of drug-likeness (QED) is 0.648. The molecule has 1 aliphatic carbocycles. The molecule has 0 heterocycles. The van der Waals surface area contributed by atoms with Crippen LogP contribution in [-0.4, -0.2) is 0 Å². The van der Waals surface area contributed by atoms with E-state index in [0.29, 0.717) is 0 Å². The number of halogens is 1. The number of benzene rings is 2. The van der Waals surface area contributed by atoms with Gasteiger partial charge in [-0.3, -0.25) is 0 Å². The second kappa shape index (κ2) is 5.46. The number of hydrogen-bond donors (Lipinski definition) is 0. The van der Waals surface area contributed by atoms with Crippen LogP contribution in [0.3, 0.4) is 0 Å². The first kappa shape index (κ1) is 13.5. The molecule has 0 aromatic heterocycles. The molecular formula is C19H19Cl. The van der Waals surface area contributed by atoms with Crippen molar-refractivity contribution >= 4 is 17.7 Å². The fraction of sp³-hybridized carbons (Fsp3) is 0.263. The zero-order chi connectivity index (χ0) is 14.1. The van der Waals surface area contributed by atoms with Gasteiger partial charge in [0.05, 0.1) is 0 Å². The normalized spacial score (nSPS) is 13.5.